The van der Waals surface area contributed by atoms with Gasteiger partial charge in [0, 0.05) is 60.8 Å². The molecule has 0 spiro atoms. The van der Waals surface area contributed by atoms with Crippen molar-refractivity contribution in [3.8, 4) is 39.9 Å². The van der Waals surface area contributed by atoms with Gasteiger partial charge in [-0.2, -0.15) is 0 Å². The number of hydrogen-bond donors (Lipinski definition) is 0. The number of nitrogens with zero attached hydrogens (tertiary/aromatic N) is 4. The predicted octanol–water partition coefficient (Wildman–Crippen LogP) is 14.1. The second-order valence-electron chi connectivity index (χ2n) is 15.1. The first-order chi connectivity index (χ1) is 29.2. The molecule has 0 aliphatic heterocycles. The van der Waals surface area contributed by atoms with Crippen LogP contribution >= 0.6 is 0 Å². The lowest BCUT2D eigenvalue weighted by molar-refractivity contribution is 0.668. The second-order valence-corrected chi connectivity index (χ2v) is 15.1. The largest absolute Gasteiger partial charge is 0.456 e. The fraction of sp³-hybridized carbons (Fsp3) is 0. The quantitative estimate of drug-likeness (QED) is 0.179. The molecule has 0 saturated carbocycles. The van der Waals surface area contributed by atoms with Crippen molar-refractivity contribution in [2.45, 2.75) is 0 Å². The van der Waals surface area contributed by atoms with Crippen LogP contribution in [0.15, 0.2) is 191 Å². The summed E-state index contributed by atoms with van der Waals surface area (Å²) in [5, 5.41) is 11.3. The second kappa shape index (κ2) is 12.2. The Morgan fingerprint density at radius 2 is 0.932 bits per heavy atom. The normalized spacial score (nSPS) is 12.1. The fourth-order valence-electron chi connectivity index (χ4n) is 9.18. The van der Waals surface area contributed by atoms with Crippen LogP contribution in [0, 0.1) is 0 Å². The first-order valence-corrected chi connectivity index (χ1v) is 19.8. The molecule has 0 aliphatic carbocycles. The molecule has 0 unspecified atom stereocenters. The highest BCUT2D eigenvalue weighted by Gasteiger charge is 2.22. The van der Waals surface area contributed by atoms with Crippen LogP contribution in [-0.2, 0) is 0 Å². The topological polar surface area (TPSA) is 69.9 Å². The van der Waals surface area contributed by atoms with Crippen molar-refractivity contribution in [1.29, 1.82) is 0 Å². The maximum absolute atomic E-state index is 6.75. The fourth-order valence-corrected chi connectivity index (χ4v) is 9.18. The number of para-hydroxylation sites is 1. The van der Waals surface area contributed by atoms with Crippen LogP contribution < -0.4 is 0 Å². The maximum Gasteiger partial charge on any atom is 0.164 e. The highest BCUT2D eigenvalue weighted by atomic mass is 16.3. The summed E-state index contributed by atoms with van der Waals surface area (Å²) >= 11 is 0. The van der Waals surface area contributed by atoms with Crippen LogP contribution in [0.5, 0.6) is 0 Å². The Labute approximate surface area is 336 Å². The Balaban J connectivity index is 1.04. The van der Waals surface area contributed by atoms with Crippen molar-refractivity contribution in [3.05, 3.63) is 182 Å². The van der Waals surface area contributed by atoms with Crippen LogP contribution in [0.25, 0.3) is 127 Å². The summed E-state index contributed by atoms with van der Waals surface area (Å²) in [6.07, 6.45) is 0. The van der Waals surface area contributed by atoms with Gasteiger partial charge in [-0.1, -0.05) is 127 Å². The van der Waals surface area contributed by atoms with Gasteiger partial charge in [-0.15, -0.1) is 0 Å². The van der Waals surface area contributed by atoms with E-state index in [0.717, 1.165) is 77.3 Å². The standard InChI is InChI=1S/C53H30N4O2/c1-2-13-32(14-3-1)51-54-52(39-19-10-22-45-49(39)37-18-8-9-21-44(37)58-45)56-53(55-51)40-20-11-23-46-50(40)38-26-25-35(30-47(38)59-46)57-42-27-24-31-12-6-7-17-36(31)48(42)41-28-33-15-4-5-16-34(33)29-43(41)57/h1-30H. The molecule has 6 heteroatoms. The highest BCUT2D eigenvalue weighted by molar-refractivity contribution is 6.23. The van der Waals surface area contributed by atoms with Gasteiger partial charge in [0.25, 0.3) is 0 Å². The Bertz CT molecular complexity index is 3860. The molecule has 0 bridgehead atoms. The first kappa shape index (κ1) is 32.0. The lowest BCUT2D eigenvalue weighted by atomic mass is 10.0. The molecule has 0 atom stereocenters. The van der Waals surface area contributed by atoms with Crippen molar-refractivity contribution in [3.63, 3.8) is 0 Å². The van der Waals surface area contributed by atoms with E-state index in [4.69, 9.17) is 23.8 Å². The third-order valence-electron chi connectivity index (χ3n) is 11.8. The lowest BCUT2D eigenvalue weighted by Gasteiger charge is -2.10. The molecule has 9 aromatic carbocycles. The van der Waals surface area contributed by atoms with Crippen molar-refractivity contribution < 1.29 is 8.83 Å². The van der Waals surface area contributed by atoms with Gasteiger partial charge in [0.1, 0.15) is 22.3 Å². The summed E-state index contributed by atoms with van der Waals surface area (Å²) in [6.45, 7) is 0. The van der Waals surface area contributed by atoms with E-state index in [9.17, 15) is 0 Å². The van der Waals surface area contributed by atoms with Gasteiger partial charge >= 0.3 is 0 Å². The van der Waals surface area contributed by atoms with E-state index in [0.29, 0.717) is 17.5 Å². The van der Waals surface area contributed by atoms with Gasteiger partial charge in [0.15, 0.2) is 17.5 Å². The van der Waals surface area contributed by atoms with Crippen LogP contribution in [-0.4, -0.2) is 19.5 Å². The maximum atomic E-state index is 6.75. The molecular weight excluding hydrogens is 725 g/mol. The molecule has 0 amide bonds. The average molecular weight is 755 g/mol. The summed E-state index contributed by atoms with van der Waals surface area (Å²) in [6, 6.07) is 63.3. The number of benzene rings is 9. The van der Waals surface area contributed by atoms with E-state index >= 15 is 0 Å². The van der Waals surface area contributed by atoms with Crippen molar-refractivity contribution in [2.24, 2.45) is 0 Å². The van der Waals surface area contributed by atoms with Crippen LogP contribution in [0.1, 0.15) is 0 Å². The van der Waals surface area contributed by atoms with Crippen molar-refractivity contribution in [2.75, 3.05) is 0 Å². The van der Waals surface area contributed by atoms with Crippen molar-refractivity contribution >= 4 is 87.2 Å². The molecule has 0 aliphatic rings. The lowest BCUT2D eigenvalue weighted by Crippen LogP contribution is -2.00. The molecule has 4 heterocycles. The molecule has 4 aromatic heterocycles. The number of furan rings is 2. The van der Waals surface area contributed by atoms with Gasteiger partial charge in [-0.25, -0.2) is 15.0 Å². The molecule has 59 heavy (non-hydrogen) atoms. The van der Waals surface area contributed by atoms with E-state index in [1.54, 1.807) is 0 Å². The van der Waals surface area contributed by atoms with E-state index in [2.05, 4.69) is 114 Å². The van der Waals surface area contributed by atoms with Gasteiger partial charge in [-0.3, -0.25) is 0 Å². The Kier molecular flexibility index (Phi) is 6.63. The number of hydrogen-bond acceptors (Lipinski definition) is 5. The first-order valence-electron chi connectivity index (χ1n) is 19.8. The molecule has 0 N–H and O–H groups in total. The Morgan fingerprint density at radius 3 is 1.69 bits per heavy atom. The molecule has 13 aromatic rings. The van der Waals surface area contributed by atoms with E-state index < -0.39 is 0 Å². The number of fused-ring (bicyclic) bond motifs is 12. The summed E-state index contributed by atoms with van der Waals surface area (Å²) in [5.74, 6) is 1.73. The average Bonchev–Trinajstić information content (AvgIpc) is 3.97. The number of rotatable bonds is 4. The van der Waals surface area contributed by atoms with E-state index in [-0.39, 0.29) is 0 Å². The Morgan fingerprint density at radius 1 is 0.339 bits per heavy atom. The van der Waals surface area contributed by atoms with Crippen LogP contribution in [0.2, 0.25) is 0 Å². The SMILES string of the molecule is c1ccc(-c2nc(-c3cccc4oc5ccccc5c34)nc(-c3cccc4oc5cc(-n6c7cc8ccccc8cc7c7c8ccccc8ccc76)ccc5c34)n2)cc1. The molecule has 13 rings (SSSR count). The molecule has 274 valence electrons. The minimum absolute atomic E-state index is 0.567. The zero-order valence-electron chi connectivity index (χ0n) is 31.4. The summed E-state index contributed by atoms with van der Waals surface area (Å²) in [4.78, 5) is 15.5. The van der Waals surface area contributed by atoms with Gasteiger partial charge in [0.2, 0.25) is 0 Å². The van der Waals surface area contributed by atoms with Gasteiger partial charge < -0.3 is 13.4 Å². The molecule has 0 saturated heterocycles. The minimum atomic E-state index is 0.567. The van der Waals surface area contributed by atoms with Gasteiger partial charge in [-0.05, 0) is 70.1 Å². The summed E-state index contributed by atoms with van der Waals surface area (Å²) < 4.78 is 15.4. The third kappa shape index (κ3) is 4.77. The number of aromatic nitrogens is 4. The van der Waals surface area contributed by atoms with Crippen LogP contribution in [0.3, 0.4) is 0 Å². The summed E-state index contributed by atoms with van der Waals surface area (Å²) in [5.41, 5.74) is 9.14. The highest BCUT2D eigenvalue weighted by Crippen LogP contribution is 2.42. The molecule has 0 radical (unpaired) electrons. The van der Waals surface area contributed by atoms with Crippen LogP contribution in [0.4, 0.5) is 0 Å². The monoisotopic (exact) mass is 754 g/mol. The molecule has 6 nitrogen and oxygen atoms in total. The van der Waals surface area contributed by atoms with Crippen molar-refractivity contribution in [1.82, 2.24) is 19.5 Å². The minimum Gasteiger partial charge on any atom is -0.456 e. The summed E-state index contributed by atoms with van der Waals surface area (Å²) in [7, 11) is 0. The molecule has 0 fully saturated rings. The van der Waals surface area contributed by atoms with E-state index in [1.807, 2.05) is 72.8 Å². The predicted molar refractivity (Wildman–Crippen MR) is 240 cm³/mol. The molecular formula is C53H30N4O2. The zero-order valence-corrected chi connectivity index (χ0v) is 31.4. The zero-order chi connectivity index (χ0) is 38.6. The Hall–Kier alpha value is -8.09. The van der Waals surface area contributed by atoms with Gasteiger partial charge in [0.05, 0.1) is 11.0 Å². The van der Waals surface area contributed by atoms with E-state index in [1.165, 1.54) is 32.3 Å². The smallest absolute Gasteiger partial charge is 0.164 e. The third-order valence-corrected chi connectivity index (χ3v) is 11.8.